The van der Waals surface area contributed by atoms with Gasteiger partial charge in [0.05, 0.1) is 11.1 Å². The summed E-state index contributed by atoms with van der Waals surface area (Å²) in [5.41, 5.74) is 0. The van der Waals surface area contributed by atoms with Gasteiger partial charge in [-0.3, -0.25) is 0 Å². The number of aromatic nitrogens is 2. The van der Waals surface area contributed by atoms with E-state index >= 15 is 0 Å². The predicted octanol–water partition coefficient (Wildman–Crippen LogP) is 3.77. The molecule has 1 aromatic rings. The van der Waals surface area contributed by atoms with E-state index in [2.05, 4.69) is 5.10 Å². The Morgan fingerprint density at radius 3 is 2.67 bits per heavy atom. The summed E-state index contributed by atoms with van der Waals surface area (Å²) < 4.78 is 37.9. The van der Waals surface area contributed by atoms with Crippen molar-refractivity contribution in [2.24, 2.45) is 0 Å². The molecule has 1 rings (SSSR count). The van der Waals surface area contributed by atoms with E-state index in [4.69, 9.17) is 11.6 Å². The lowest BCUT2D eigenvalue weighted by Gasteiger charge is -2.16. The summed E-state index contributed by atoms with van der Waals surface area (Å²) in [6, 6.07) is -1.70. The standard InChI is InChI=1S/C8H10ClF3N2S/c1-3-15-6-4-13-14(7(6)9)5(2)8(10,11)12/h4-5H,3H2,1-2H3. The largest absolute Gasteiger partial charge is 0.410 e. The fourth-order valence-corrected chi connectivity index (χ4v) is 2.04. The first-order valence-electron chi connectivity index (χ1n) is 4.30. The number of thioether (sulfide) groups is 1. The SMILES string of the molecule is CCSc1cnn(C(C)C(F)(F)F)c1Cl. The van der Waals surface area contributed by atoms with Crippen molar-refractivity contribution in [3.8, 4) is 0 Å². The number of hydrogen-bond donors (Lipinski definition) is 0. The normalized spacial score (nSPS) is 14.3. The van der Waals surface area contributed by atoms with Gasteiger partial charge in [0.2, 0.25) is 0 Å². The molecule has 7 heteroatoms. The zero-order chi connectivity index (χ0) is 11.6. The van der Waals surface area contributed by atoms with Gasteiger partial charge in [-0.1, -0.05) is 18.5 Å². The molecule has 0 spiro atoms. The van der Waals surface area contributed by atoms with E-state index in [-0.39, 0.29) is 5.15 Å². The average Bonchev–Trinajstić information content (AvgIpc) is 2.46. The summed E-state index contributed by atoms with van der Waals surface area (Å²) >= 11 is 7.15. The minimum atomic E-state index is -4.33. The predicted molar refractivity (Wildman–Crippen MR) is 54.4 cm³/mol. The summed E-state index contributed by atoms with van der Waals surface area (Å²) in [6.45, 7) is 2.92. The Bertz CT molecular complexity index is 337. The van der Waals surface area contributed by atoms with Crippen molar-refractivity contribution in [2.45, 2.75) is 31.0 Å². The van der Waals surface area contributed by atoms with Crippen LogP contribution in [-0.4, -0.2) is 21.7 Å². The van der Waals surface area contributed by atoms with Crippen LogP contribution in [0.4, 0.5) is 13.2 Å². The molecule has 1 atom stereocenters. The summed E-state index contributed by atoms with van der Waals surface area (Å²) in [4.78, 5) is 0.579. The van der Waals surface area contributed by atoms with Gasteiger partial charge in [-0.2, -0.15) is 18.3 Å². The van der Waals surface area contributed by atoms with E-state index in [1.807, 2.05) is 6.92 Å². The molecule has 0 aliphatic rings. The van der Waals surface area contributed by atoms with E-state index in [1.165, 1.54) is 18.0 Å². The first-order chi connectivity index (χ1) is 6.88. The molecule has 1 unspecified atom stereocenters. The van der Waals surface area contributed by atoms with Crippen molar-refractivity contribution in [3.63, 3.8) is 0 Å². The van der Waals surface area contributed by atoms with Crippen LogP contribution >= 0.6 is 23.4 Å². The summed E-state index contributed by atoms with van der Waals surface area (Å²) in [5.74, 6) is 0.742. The van der Waals surface area contributed by atoms with Crippen LogP contribution in [0.2, 0.25) is 5.15 Å². The number of nitrogens with zero attached hydrogens (tertiary/aromatic N) is 2. The molecule has 0 saturated carbocycles. The third kappa shape index (κ3) is 2.81. The Labute approximate surface area is 94.8 Å². The van der Waals surface area contributed by atoms with Gasteiger partial charge in [0, 0.05) is 0 Å². The average molecular weight is 259 g/mol. The molecule has 0 fully saturated rings. The van der Waals surface area contributed by atoms with Crippen molar-refractivity contribution in [1.82, 2.24) is 9.78 Å². The minimum Gasteiger partial charge on any atom is -0.241 e. The Morgan fingerprint density at radius 1 is 1.60 bits per heavy atom. The molecule has 0 aliphatic carbocycles. The first-order valence-corrected chi connectivity index (χ1v) is 5.66. The number of halogens is 4. The summed E-state index contributed by atoms with van der Waals surface area (Å²) in [6.07, 6.45) is -2.97. The van der Waals surface area contributed by atoms with Gasteiger partial charge in [0.25, 0.3) is 0 Å². The van der Waals surface area contributed by atoms with Crippen LogP contribution in [0.5, 0.6) is 0 Å². The van der Waals surface area contributed by atoms with E-state index in [0.717, 1.165) is 17.4 Å². The van der Waals surface area contributed by atoms with E-state index in [0.29, 0.717) is 4.90 Å². The van der Waals surface area contributed by atoms with Crippen LogP contribution in [-0.2, 0) is 0 Å². The molecule has 0 amide bonds. The van der Waals surface area contributed by atoms with E-state index in [9.17, 15) is 13.2 Å². The second kappa shape index (κ2) is 4.65. The molecule has 1 heterocycles. The maximum absolute atomic E-state index is 12.4. The van der Waals surface area contributed by atoms with Crippen molar-refractivity contribution in [1.29, 1.82) is 0 Å². The topological polar surface area (TPSA) is 17.8 Å². The lowest BCUT2D eigenvalue weighted by Crippen LogP contribution is -2.24. The zero-order valence-electron chi connectivity index (χ0n) is 8.18. The van der Waals surface area contributed by atoms with Crippen LogP contribution < -0.4 is 0 Å². The number of alkyl halides is 3. The van der Waals surface area contributed by atoms with Crippen LogP contribution in [0.3, 0.4) is 0 Å². The highest BCUT2D eigenvalue weighted by atomic mass is 35.5. The molecule has 1 aromatic heterocycles. The molecular formula is C8H10ClF3N2S. The van der Waals surface area contributed by atoms with E-state index < -0.39 is 12.2 Å². The van der Waals surface area contributed by atoms with Crippen molar-refractivity contribution in [2.75, 3.05) is 5.75 Å². The third-order valence-electron chi connectivity index (χ3n) is 1.84. The van der Waals surface area contributed by atoms with Crippen LogP contribution in [0, 0.1) is 0 Å². The molecule has 0 aliphatic heterocycles. The molecule has 15 heavy (non-hydrogen) atoms. The Hall–Kier alpha value is -0.360. The van der Waals surface area contributed by atoms with Gasteiger partial charge < -0.3 is 0 Å². The van der Waals surface area contributed by atoms with Crippen LogP contribution in [0.15, 0.2) is 11.1 Å². The Morgan fingerprint density at radius 2 is 2.20 bits per heavy atom. The van der Waals surface area contributed by atoms with Gasteiger partial charge in [-0.15, -0.1) is 11.8 Å². The summed E-state index contributed by atoms with van der Waals surface area (Å²) in [7, 11) is 0. The van der Waals surface area contributed by atoms with Gasteiger partial charge >= 0.3 is 6.18 Å². The molecular weight excluding hydrogens is 249 g/mol. The molecule has 0 N–H and O–H groups in total. The highest BCUT2D eigenvalue weighted by Gasteiger charge is 2.39. The fourth-order valence-electron chi connectivity index (χ4n) is 0.992. The number of rotatable bonds is 3. The van der Waals surface area contributed by atoms with Crippen LogP contribution in [0.1, 0.15) is 19.9 Å². The van der Waals surface area contributed by atoms with Crippen LogP contribution in [0.25, 0.3) is 0 Å². The molecule has 0 aromatic carbocycles. The lowest BCUT2D eigenvalue weighted by molar-refractivity contribution is -0.165. The molecule has 0 saturated heterocycles. The van der Waals surface area contributed by atoms with Gasteiger partial charge in [-0.25, -0.2) is 4.68 Å². The van der Waals surface area contributed by atoms with E-state index in [1.54, 1.807) is 0 Å². The third-order valence-corrected chi connectivity index (χ3v) is 3.23. The van der Waals surface area contributed by atoms with Gasteiger partial charge in [-0.05, 0) is 12.7 Å². The highest BCUT2D eigenvalue weighted by molar-refractivity contribution is 7.99. The molecule has 86 valence electrons. The Kier molecular flexibility index (Phi) is 3.94. The maximum Gasteiger partial charge on any atom is 0.410 e. The quantitative estimate of drug-likeness (QED) is 0.768. The smallest absolute Gasteiger partial charge is 0.241 e. The Balaban J connectivity index is 2.96. The fraction of sp³-hybridized carbons (Fsp3) is 0.625. The minimum absolute atomic E-state index is 0.0478. The first kappa shape index (κ1) is 12.7. The molecule has 0 radical (unpaired) electrons. The monoisotopic (exact) mass is 258 g/mol. The second-order valence-corrected chi connectivity index (χ2v) is 4.56. The highest BCUT2D eigenvalue weighted by Crippen LogP contribution is 2.35. The van der Waals surface area contributed by atoms with Crippen molar-refractivity contribution >= 4 is 23.4 Å². The zero-order valence-corrected chi connectivity index (χ0v) is 9.75. The summed E-state index contributed by atoms with van der Waals surface area (Å²) in [5, 5.41) is 3.69. The molecule has 0 bridgehead atoms. The van der Waals surface area contributed by atoms with Gasteiger partial charge in [0.1, 0.15) is 11.2 Å². The number of hydrogen-bond acceptors (Lipinski definition) is 2. The van der Waals surface area contributed by atoms with Crippen molar-refractivity contribution in [3.05, 3.63) is 11.3 Å². The maximum atomic E-state index is 12.4. The van der Waals surface area contributed by atoms with Crippen molar-refractivity contribution < 1.29 is 13.2 Å². The van der Waals surface area contributed by atoms with Gasteiger partial charge in [0.15, 0.2) is 0 Å². The lowest BCUT2D eigenvalue weighted by atomic mass is 10.3. The molecule has 2 nitrogen and oxygen atoms in total. The second-order valence-electron chi connectivity index (χ2n) is 2.89.